The van der Waals surface area contributed by atoms with Crippen molar-refractivity contribution in [3.05, 3.63) is 127 Å². The highest BCUT2D eigenvalue weighted by Crippen LogP contribution is 2.51. The summed E-state index contributed by atoms with van der Waals surface area (Å²) in [5, 5.41) is 5.42. The molecular weight excluding hydrogens is 515 g/mol. The maximum atomic E-state index is 6.27. The molecule has 0 N–H and O–H groups in total. The average Bonchev–Trinajstić information content (AvgIpc) is 3.29. The Bertz CT molecular complexity index is 1400. The summed E-state index contributed by atoms with van der Waals surface area (Å²) in [5.41, 5.74) is 8.38. The van der Waals surface area contributed by atoms with Crippen molar-refractivity contribution in [2.24, 2.45) is 4.99 Å². The van der Waals surface area contributed by atoms with Crippen molar-refractivity contribution in [3.8, 4) is 0 Å². The van der Waals surface area contributed by atoms with Gasteiger partial charge < -0.3 is 4.90 Å². The first-order valence-corrected chi connectivity index (χ1v) is 13.5. The van der Waals surface area contributed by atoms with Crippen LogP contribution in [0.4, 0.5) is 0 Å². The lowest BCUT2D eigenvalue weighted by atomic mass is 9.83. The molecule has 1 atom stereocenters. The predicted octanol–water partition coefficient (Wildman–Crippen LogP) is 9.63. The summed E-state index contributed by atoms with van der Waals surface area (Å²) >= 11 is 20.2. The fourth-order valence-electron chi connectivity index (χ4n) is 4.95. The number of nitrogens with zero attached hydrogens (tertiary/aromatic N) is 2. The summed E-state index contributed by atoms with van der Waals surface area (Å²) in [5.74, 6) is 0. The van der Waals surface area contributed by atoms with Crippen LogP contribution in [0, 0.1) is 0 Å². The number of allylic oxidation sites excluding steroid dienone is 1. The Hall–Kier alpha value is -2.43. The summed E-state index contributed by atoms with van der Waals surface area (Å²) in [6.45, 7) is 0. The van der Waals surface area contributed by atoms with Gasteiger partial charge in [-0.2, -0.15) is 0 Å². The quantitative estimate of drug-likeness (QED) is 0.332. The second kappa shape index (κ2) is 9.55. The molecule has 0 saturated heterocycles. The highest BCUT2D eigenvalue weighted by molar-refractivity contribution is 8.16. The van der Waals surface area contributed by atoms with E-state index in [1.807, 2.05) is 36.4 Å². The van der Waals surface area contributed by atoms with E-state index in [0.29, 0.717) is 0 Å². The molecule has 3 aliphatic rings. The minimum absolute atomic E-state index is 0.0561. The Labute approximate surface area is 224 Å². The Morgan fingerprint density at radius 3 is 2.11 bits per heavy atom. The second-order valence-corrected chi connectivity index (χ2v) is 10.9. The molecular formula is C29H21Cl3N2S. The van der Waals surface area contributed by atoms with Gasteiger partial charge in [0, 0.05) is 20.5 Å². The molecule has 35 heavy (non-hydrogen) atoms. The minimum Gasteiger partial charge on any atom is -0.308 e. The van der Waals surface area contributed by atoms with Crippen LogP contribution in [0.25, 0.3) is 11.8 Å². The molecule has 0 spiro atoms. The van der Waals surface area contributed by atoms with Crippen LogP contribution in [-0.4, -0.2) is 10.1 Å². The van der Waals surface area contributed by atoms with E-state index in [2.05, 4.69) is 52.8 Å². The van der Waals surface area contributed by atoms with E-state index in [-0.39, 0.29) is 6.04 Å². The van der Waals surface area contributed by atoms with Crippen molar-refractivity contribution in [3.63, 3.8) is 0 Å². The zero-order valence-electron chi connectivity index (χ0n) is 18.7. The third-order valence-corrected chi connectivity index (χ3v) is 8.17. The van der Waals surface area contributed by atoms with Crippen molar-refractivity contribution in [1.29, 1.82) is 0 Å². The van der Waals surface area contributed by atoms with Gasteiger partial charge in [-0.15, -0.1) is 0 Å². The molecule has 0 unspecified atom stereocenters. The summed E-state index contributed by atoms with van der Waals surface area (Å²) in [7, 11) is 0. The molecule has 174 valence electrons. The first kappa shape index (κ1) is 23.0. The fourth-order valence-corrected chi connectivity index (χ4v) is 6.26. The number of amidine groups is 1. The molecule has 2 aliphatic heterocycles. The standard InChI is InChI=1S/C29H21Cl3N2S/c30-22-10-4-18(5-11-22)16-21-2-1-3-25-27(21)33-29-34(28(25)20-8-14-24(32)15-9-20)26(17-35-29)19-6-12-23(31)13-7-19/h4-17,28H,1-3H2/b21-16+/t28-/m1/s1. The average molecular weight is 536 g/mol. The molecule has 3 aromatic carbocycles. The van der Waals surface area contributed by atoms with E-state index < -0.39 is 0 Å². The van der Waals surface area contributed by atoms with Gasteiger partial charge >= 0.3 is 0 Å². The van der Waals surface area contributed by atoms with E-state index in [4.69, 9.17) is 39.8 Å². The van der Waals surface area contributed by atoms with Gasteiger partial charge in [-0.1, -0.05) is 83.0 Å². The fraction of sp³-hybridized carbons (Fsp3) is 0.138. The molecule has 0 saturated carbocycles. The van der Waals surface area contributed by atoms with Crippen LogP contribution in [0.1, 0.15) is 42.0 Å². The van der Waals surface area contributed by atoms with E-state index in [1.165, 1.54) is 16.7 Å². The molecule has 6 rings (SSSR count). The van der Waals surface area contributed by atoms with Crippen LogP contribution in [0.5, 0.6) is 0 Å². The Morgan fingerprint density at radius 2 is 1.43 bits per heavy atom. The number of halogens is 3. The van der Waals surface area contributed by atoms with Crippen molar-refractivity contribution in [1.82, 2.24) is 4.90 Å². The Balaban J connectivity index is 1.48. The summed E-state index contributed by atoms with van der Waals surface area (Å²) in [6, 6.07) is 24.3. The molecule has 0 radical (unpaired) electrons. The minimum atomic E-state index is 0.0561. The van der Waals surface area contributed by atoms with Crippen LogP contribution in [-0.2, 0) is 0 Å². The van der Waals surface area contributed by atoms with Crippen molar-refractivity contribution in [2.75, 3.05) is 0 Å². The highest BCUT2D eigenvalue weighted by atomic mass is 35.5. The largest absolute Gasteiger partial charge is 0.308 e. The number of rotatable bonds is 3. The monoisotopic (exact) mass is 534 g/mol. The lowest BCUT2D eigenvalue weighted by Gasteiger charge is -2.40. The number of aliphatic imine (C=N–C) groups is 1. The zero-order valence-corrected chi connectivity index (χ0v) is 21.8. The molecule has 0 bridgehead atoms. The molecule has 1 aliphatic carbocycles. The number of benzene rings is 3. The smallest absolute Gasteiger partial charge is 0.174 e. The van der Waals surface area contributed by atoms with Gasteiger partial charge in [0.2, 0.25) is 0 Å². The topological polar surface area (TPSA) is 15.6 Å². The Morgan fingerprint density at radius 1 is 0.800 bits per heavy atom. The van der Waals surface area contributed by atoms with Gasteiger partial charge in [-0.25, -0.2) is 4.99 Å². The third kappa shape index (κ3) is 4.47. The number of thioether (sulfide) groups is 1. The van der Waals surface area contributed by atoms with Gasteiger partial charge in [-0.3, -0.25) is 0 Å². The van der Waals surface area contributed by atoms with Crippen molar-refractivity contribution < 1.29 is 0 Å². The van der Waals surface area contributed by atoms with Crippen LogP contribution >= 0.6 is 46.6 Å². The molecule has 0 amide bonds. The van der Waals surface area contributed by atoms with E-state index in [1.54, 1.807) is 11.8 Å². The van der Waals surface area contributed by atoms with Gasteiger partial charge in [0.1, 0.15) is 0 Å². The molecule has 0 aromatic heterocycles. The van der Waals surface area contributed by atoms with Crippen LogP contribution in [0.3, 0.4) is 0 Å². The Kier molecular flexibility index (Phi) is 6.28. The predicted molar refractivity (Wildman–Crippen MR) is 151 cm³/mol. The van der Waals surface area contributed by atoms with Crippen molar-refractivity contribution in [2.45, 2.75) is 25.3 Å². The molecule has 2 heterocycles. The van der Waals surface area contributed by atoms with Gasteiger partial charge in [0.15, 0.2) is 5.17 Å². The van der Waals surface area contributed by atoms with E-state index >= 15 is 0 Å². The summed E-state index contributed by atoms with van der Waals surface area (Å²) in [4.78, 5) is 7.61. The maximum Gasteiger partial charge on any atom is 0.174 e. The molecule has 3 aromatic rings. The number of hydrogen-bond acceptors (Lipinski definition) is 3. The van der Waals surface area contributed by atoms with Gasteiger partial charge in [0.05, 0.1) is 17.4 Å². The maximum absolute atomic E-state index is 6.27. The zero-order chi connectivity index (χ0) is 23.9. The SMILES string of the molecule is Clc1ccc(/C=C2\CCCC3=C2N=C2SC=C(c4ccc(Cl)cc4)N2[C@@H]3c2ccc(Cl)cc2)cc1. The van der Waals surface area contributed by atoms with E-state index in [9.17, 15) is 0 Å². The number of fused-ring (bicyclic) bond motifs is 1. The van der Waals surface area contributed by atoms with Crippen molar-refractivity contribution >= 4 is 63.5 Å². The lowest BCUT2D eigenvalue weighted by Crippen LogP contribution is -2.34. The molecule has 0 fully saturated rings. The highest BCUT2D eigenvalue weighted by Gasteiger charge is 2.40. The molecule has 2 nitrogen and oxygen atoms in total. The van der Waals surface area contributed by atoms with Gasteiger partial charge in [0.25, 0.3) is 0 Å². The first-order chi connectivity index (χ1) is 17.1. The normalized spacial score (nSPS) is 20.5. The summed E-state index contributed by atoms with van der Waals surface area (Å²) < 4.78 is 0. The number of hydrogen-bond donors (Lipinski definition) is 0. The van der Waals surface area contributed by atoms with Gasteiger partial charge in [-0.05, 0) is 89.6 Å². The molecule has 6 heteroatoms. The van der Waals surface area contributed by atoms with Crippen LogP contribution < -0.4 is 0 Å². The third-order valence-electron chi connectivity index (χ3n) is 6.57. The van der Waals surface area contributed by atoms with Crippen LogP contribution in [0.15, 0.2) is 100 Å². The second-order valence-electron chi connectivity index (χ2n) is 8.79. The lowest BCUT2D eigenvalue weighted by molar-refractivity contribution is 0.458. The first-order valence-electron chi connectivity index (χ1n) is 11.5. The van der Waals surface area contributed by atoms with Crippen LogP contribution in [0.2, 0.25) is 15.1 Å². The summed E-state index contributed by atoms with van der Waals surface area (Å²) in [6.07, 6.45) is 5.37. The van der Waals surface area contributed by atoms with E-state index in [0.717, 1.165) is 62.0 Å².